The predicted octanol–water partition coefficient (Wildman–Crippen LogP) is 5.14. The summed E-state index contributed by atoms with van der Waals surface area (Å²) in [6.45, 7) is 2.31. The van der Waals surface area contributed by atoms with Gasteiger partial charge in [0.05, 0.1) is 0 Å². The van der Waals surface area contributed by atoms with E-state index in [-0.39, 0.29) is 11.1 Å². The van der Waals surface area contributed by atoms with Crippen molar-refractivity contribution in [3.05, 3.63) is 29.3 Å². The number of rotatable bonds is 2. The van der Waals surface area contributed by atoms with Crippen LogP contribution in [0.2, 0.25) is 0 Å². The zero-order chi connectivity index (χ0) is 22.1. The van der Waals surface area contributed by atoms with Crippen LogP contribution in [0.1, 0.15) is 11.1 Å². The number of para-hydroxylation sites is 1. The maximum Gasteiger partial charge on any atom is 0.384 e. The van der Waals surface area contributed by atoms with Crippen LogP contribution >= 0.6 is 0 Å². The monoisotopic (exact) mass is 429 g/mol. The van der Waals surface area contributed by atoms with Crippen molar-refractivity contribution in [2.75, 3.05) is 5.32 Å². The fourth-order valence-corrected chi connectivity index (χ4v) is 2.72. The minimum absolute atomic E-state index is 0.0664. The third kappa shape index (κ3) is 2.18. The third-order valence-corrected chi connectivity index (χ3v) is 4.48. The molecule has 158 valence electrons. The van der Waals surface area contributed by atoms with E-state index < -0.39 is 46.9 Å². The molecule has 0 bridgehead atoms. The average molecular weight is 429 g/mol. The minimum atomic E-state index is -7.36. The molecule has 0 atom stereocenters. The number of amides is 1. The Morgan fingerprint density at radius 2 is 1.00 bits per heavy atom. The second kappa shape index (κ2) is 5.72. The van der Waals surface area contributed by atoms with Gasteiger partial charge >= 0.3 is 35.3 Å². The highest BCUT2D eigenvalue weighted by molar-refractivity contribution is 6.00. The molecule has 2 rings (SSSR count). The molecule has 1 aromatic carbocycles. The largest absolute Gasteiger partial charge is 0.384 e. The van der Waals surface area contributed by atoms with Crippen LogP contribution in [0.3, 0.4) is 0 Å². The summed E-state index contributed by atoms with van der Waals surface area (Å²) in [6, 6.07) is 3.63. The molecule has 0 heterocycles. The molecule has 28 heavy (non-hydrogen) atoms. The smallest absolute Gasteiger partial charge is 0.322 e. The fraction of sp³-hybridized carbons (Fsp3) is 0.533. The highest BCUT2D eigenvalue weighted by atomic mass is 19.4. The van der Waals surface area contributed by atoms with Gasteiger partial charge in [-0.3, -0.25) is 4.79 Å². The van der Waals surface area contributed by atoms with Crippen LogP contribution < -0.4 is 5.32 Å². The van der Waals surface area contributed by atoms with Crippen molar-refractivity contribution < 1.29 is 53.1 Å². The SMILES string of the molecule is Cc1cccc(C)c1NC(=O)C1(F)C(F)(F)C(F)(F)C(F)(F)C(F)(F)C1(F)F. The Labute approximate surface area is 149 Å². The molecular weight excluding hydrogens is 419 g/mol. The molecule has 0 spiro atoms. The quantitative estimate of drug-likeness (QED) is 0.649. The Balaban J connectivity index is 2.73. The van der Waals surface area contributed by atoms with Crippen LogP contribution in [-0.4, -0.2) is 41.2 Å². The van der Waals surface area contributed by atoms with Gasteiger partial charge in [0.15, 0.2) is 0 Å². The molecule has 1 saturated carbocycles. The Bertz CT molecular complexity index is 768. The first-order chi connectivity index (χ1) is 12.3. The van der Waals surface area contributed by atoms with E-state index in [1.54, 1.807) is 0 Å². The van der Waals surface area contributed by atoms with Crippen LogP contribution in [0, 0.1) is 13.8 Å². The van der Waals surface area contributed by atoms with Crippen molar-refractivity contribution in [3.8, 4) is 0 Å². The summed E-state index contributed by atoms with van der Waals surface area (Å²) < 4.78 is 150. The molecule has 13 heteroatoms. The molecule has 0 aromatic heterocycles. The van der Waals surface area contributed by atoms with Crippen LogP contribution in [0.5, 0.6) is 0 Å². The zero-order valence-corrected chi connectivity index (χ0v) is 13.8. The second-order valence-electron chi connectivity index (χ2n) is 6.25. The molecular formula is C15H10F11NO. The van der Waals surface area contributed by atoms with E-state index in [0.717, 1.165) is 31.3 Å². The van der Waals surface area contributed by atoms with Gasteiger partial charge < -0.3 is 5.32 Å². The Hall–Kier alpha value is -2.08. The summed E-state index contributed by atoms with van der Waals surface area (Å²) in [5.74, 6) is -39.7. The molecule has 1 N–H and O–H groups in total. The van der Waals surface area contributed by atoms with E-state index in [4.69, 9.17) is 0 Å². The van der Waals surface area contributed by atoms with Gasteiger partial charge in [-0.15, -0.1) is 0 Å². The number of anilines is 1. The van der Waals surface area contributed by atoms with Crippen molar-refractivity contribution in [2.45, 2.75) is 49.1 Å². The molecule has 0 unspecified atom stereocenters. The van der Waals surface area contributed by atoms with E-state index in [0.29, 0.717) is 0 Å². The van der Waals surface area contributed by atoms with Crippen molar-refractivity contribution in [1.82, 2.24) is 0 Å². The number of hydrogen-bond donors (Lipinski definition) is 1. The van der Waals surface area contributed by atoms with Gasteiger partial charge in [0.2, 0.25) is 0 Å². The van der Waals surface area contributed by atoms with Crippen LogP contribution in [0.15, 0.2) is 18.2 Å². The maximum atomic E-state index is 14.6. The lowest BCUT2D eigenvalue weighted by Gasteiger charge is -2.51. The van der Waals surface area contributed by atoms with Crippen LogP contribution in [0.25, 0.3) is 0 Å². The Morgan fingerprint density at radius 1 is 0.679 bits per heavy atom. The summed E-state index contributed by atoms with van der Waals surface area (Å²) in [7, 11) is 0. The highest BCUT2D eigenvalue weighted by Crippen LogP contribution is 2.69. The molecule has 1 amide bonds. The number of alkyl halides is 11. The topological polar surface area (TPSA) is 29.1 Å². The number of hydrogen-bond acceptors (Lipinski definition) is 1. The van der Waals surface area contributed by atoms with Gasteiger partial charge in [0, 0.05) is 5.69 Å². The van der Waals surface area contributed by atoms with Crippen molar-refractivity contribution in [1.29, 1.82) is 0 Å². The number of halogens is 11. The van der Waals surface area contributed by atoms with Crippen LogP contribution in [0.4, 0.5) is 54.0 Å². The van der Waals surface area contributed by atoms with Crippen molar-refractivity contribution in [3.63, 3.8) is 0 Å². The lowest BCUT2D eigenvalue weighted by molar-refractivity contribution is -0.475. The molecule has 2 nitrogen and oxygen atoms in total. The second-order valence-corrected chi connectivity index (χ2v) is 6.25. The molecule has 1 fully saturated rings. The first kappa shape index (κ1) is 22.2. The van der Waals surface area contributed by atoms with Gasteiger partial charge in [-0.1, -0.05) is 18.2 Å². The van der Waals surface area contributed by atoms with E-state index >= 15 is 0 Å². The number of carbonyl (C=O) groups excluding carboxylic acids is 1. The first-order valence-electron chi connectivity index (χ1n) is 7.28. The van der Waals surface area contributed by atoms with Crippen LogP contribution in [-0.2, 0) is 4.79 Å². The number of nitrogens with one attached hydrogen (secondary N) is 1. The van der Waals surface area contributed by atoms with Gasteiger partial charge in [-0.25, -0.2) is 4.39 Å². The first-order valence-corrected chi connectivity index (χ1v) is 7.28. The van der Waals surface area contributed by atoms with E-state index in [2.05, 4.69) is 0 Å². The molecule has 0 radical (unpaired) electrons. The van der Waals surface area contributed by atoms with Gasteiger partial charge in [-0.05, 0) is 25.0 Å². The fourth-order valence-electron chi connectivity index (χ4n) is 2.72. The van der Waals surface area contributed by atoms with E-state index in [1.807, 2.05) is 0 Å². The predicted molar refractivity (Wildman–Crippen MR) is 73.1 cm³/mol. The summed E-state index contributed by atoms with van der Waals surface area (Å²) >= 11 is 0. The number of benzene rings is 1. The van der Waals surface area contributed by atoms with E-state index in [9.17, 15) is 53.1 Å². The molecule has 1 aliphatic rings. The normalized spacial score (nSPS) is 25.8. The molecule has 1 aliphatic carbocycles. The van der Waals surface area contributed by atoms with Crippen molar-refractivity contribution in [2.24, 2.45) is 0 Å². The summed E-state index contributed by atoms with van der Waals surface area (Å²) in [4.78, 5) is 11.9. The zero-order valence-electron chi connectivity index (χ0n) is 13.8. The standard InChI is InChI=1S/C15H10F11NO/c1-6-4-3-5-7(2)8(6)27-9(28)10(16)11(17,18)13(21,22)15(25,26)14(23,24)12(10,19)20/h3-5H,1-2H3,(H,27,28). The lowest BCUT2D eigenvalue weighted by atomic mass is 9.71. The average Bonchev–Trinajstić information content (AvgIpc) is 2.55. The van der Waals surface area contributed by atoms with Gasteiger partial charge in [-0.2, -0.15) is 43.9 Å². The lowest BCUT2D eigenvalue weighted by Crippen LogP contribution is -2.86. The van der Waals surface area contributed by atoms with Crippen molar-refractivity contribution >= 4 is 11.6 Å². The summed E-state index contributed by atoms with van der Waals surface area (Å²) in [6.07, 6.45) is 0. The molecule has 1 aromatic rings. The number of aryl methyl sites for hydroxylation is 2. The molecule has 0 saturated heterocycles. The number of carbonyl (C=O) groups is 1. The highest BCUT2D eigenvalue weighted by Gasteiger charge is 3.02. The van der Waals surface area contributed by atoms with Gasteiger partial charge in [0.25, 0.3) is 5.91 Å². The Kier molecular flexibility index (Phi) is 4.54. The minimum Gasteiger partial charge on any atom is -0.322 e. The third-order valence-electron chi connectivity index (χ3n) is 4.48. The van der Waals surface area contributed by atoms with Gasteiger partial charge in [0.1, 0.15) is 0 Å². The summed E-state index contributed by atoms with van der Waals surface area (Å²) in [5, 5.41) is 1.12. The Morgan fingerprint density at radius 3 is 1.36 bits per heavy atom. The molecule has 0 aliphatic heterocycles. The maximum absolute atomic E-state index is 14.6. The van der Waals surface area contributed by atoms with E-state index in [1.165, 1.54) is 6.07 Å². The summed E-state index contributed by atoms with van der Waals surface area (Å²) in [5.41, 5.74) is -7.46.